The van der Waals surface area contributed by atoms with Crippen molar-refractivity contribution in [2.45, 2.75) is 37.1 Å². The fourth-order valence-corrected chi connectivity index (χ4v) is 4.55. The van der Waals surface area contributed by atoms with Gasteiger partial charge in [0.15, 0.2) is 11.6 Å². The average Bonchev–Trinajstić information content (AvgIpc) is 3.26. The smallest absolute Gasteiger partial charge is 0.240 e. The molecule has 1 aliphatic heterocycles. The number of nitrogens with zero attached hydrogens (tertiary/aromatic N) is 1. The van der Waals surface area contributed by atoms with Crippen LogP contribution in [0, 0.1) is 18.7 Å². The molecule has 0 amide bonds. The summed E-state index contributed by atoms with van der Waals surface area (Å²) < 4.78 is 46.5. The van der Waals surface area contributed by atoms with Crippen molar-refractivity contribution in [2.24, 2.45) is 5.92 Å². The molecule has 2 aliphatic rings. The predicted octanol–water partition coefficient (Wildman–Crippen LogP) is 1.91. The molecule has 0 spiro atoms. The number of methoxy groups -OCH3 is 1. The van der Waals surface area contributed by atoms with Crippen LogP contribution in [0.25, 0.3) is 0 Å². The third-order valence-corrected chi connectivity index (χ3v) is 6.32. The van der Waals surface area contributed by atoms with Crippen LogP contribution in [0.1, 0.15) is 24.8 Å². The highest BCUT2D eigenvalue weighted by Crippen LogP contribution is 2.32. The summed E-state index contributed by atoms with van der Waals surface area (Å²) in [6.45, 7) is 3.85. The zero-order valence-corrected chi connectivity index (χ0v) is 14.3. The van der Waals surface area contributed by atoms with E-state index in [-0.39, 0.29) is 16.2 Å². The van der Waals surface area contributed by atoms with E-state index in [1.54, 1.807) is 0 Å². The Morgan fingerprint density at radius 1 is 1.35 bits per heavy atom. The molecule has 1 aromatic rings. The SMILES string of the molecule is COc1ccc(S(=O)(=O)NCC2CCN(C3CC3)C2)c(C)c1F. The summed E-state index contributed by atoms with van der Waals surface area (Å²) in [7, 11) is -2.35. The van der Waals surface area contributed by atoms with Gasteiger partial charge >= 0.3 is 0 Å². The maximum atomic E-state index is 14.1. The zero-order valence-electron chi connectivity index (χ0n) is 13.5. The van der Waals surface area contributed by atoms with Crippen molar-refractivity contribution in [1.82, 2.24) is 9.62 Å². The number of halogens is 1. The van der Waals surface area contributed by atoms with Gasteiger partial charge in [0.1, 0.15) is 0 Å². The Morgan fingerprint density at radius 2 is 2.09 bits per heavy atom. The Kier molecular flexibility index (Phi) is 4.62. The number of rotatable bonds is 6. The molecule has 2 fully saturated rings. The molecule has 0 aromatic heterocycles. The zero-order chi connectivity index (χ0) is 16.6. The number of benzene rings is 1. The van der Waals surface area contributed by atoms with Gasteiger partial charge in [-0.2, -0.15) is 0 Å². The van der Waals surface area contributed by atoms with Crippen LogP contribution < -0.4 is 9.46 Å². The van der Waals surface area contributed by atoms with Crippen LogP contribution >= 0.6 is 0 Å². The van der Waals surface area contributed by atoms with Crippen LogP contribution in [-0.2, 0) is 10.0 Å². The van der Waals surface area contributed by atoms with Gasteiger partial charge in [0.05, 0.1) is 12.0 Å². The van der Waals surface area contributed by atoms with E-state index < -0.39 is 15.8 Å². The normalized spacial score (nSPS) is 22.5. The summed E-state index contributed by atoms with van der Waals surface area (Å²) in [6, 6.07) is 3.46. The molecule has 5 nitrogen and oxygen atoms in total. The Balaban J connectivity index is 1.66. The summed E-state index contributed by atoms with van der Waals surface area (Å²) >= 11 is 0. The van der Waals surface area contributed by atoms with Gasteiger partial charge < -0.3 is 9.64 Å². The lowest BCUT2D eigenvalue weighted by Crippen LogP contribution is -2.32. The van der Waals surface area contributed by atoms with E-state index in [1.165, 1.54) is 39.0 Å². The fraction of sp³-hybridized carbons (Fsp3) is 0.625. The van der Waals surface area contributed by atoms with Crippen molar-refractivity contribution in [1.29, 1.82) is 0 Å². The minimum absolute atomic E-state index is 0.0205. The Hall–Kier alpha value is -1.18. The monoisotopic (exact) mass is 342 g/mol. The van der Waals surface area contributed by atoms with Crippen LogP contribution in [0.5, 0.6) is 5.75 Å². The van der Waals surface area contributed by atoms with Gasteiger partial charge in [-0.3, -0.25) is 0 Å². The lowest BCUT2D eigenvalue weighted by atomic mass is 10.1. The number of likely N-dealkylation sites (tertiary alicyclic amines) is 1. The summed E-state index contributed by atoms with van der Waals surface area (Å²) in [6.07, 6.45) is 3.54. The Labute approximate surface area is 136 Å². The van der Waals surface area contributed by atoms with E-state index in [1.807, 2.05) is 0 Å². The molecule has 0 radical (unpaired) electrons. The van der Waals surface area contributed by atoms with Gasteiger partial charge in [-0.25, -0.2) is 17.5 Å². The maximum absolute atomic E-state index is 14.1. The molecule has 3 rings (SSSR count). The molecule has 1 N–H and O–H groups in total. The van der Waals surface area contributed by atoms with Crippen LogP contribution in [0.3, 0.4) is 0 Å². The lowest BCUT2D eigenvalue weighted by Gasteiger charge is -2.16. The van der Waals surface area contributed by atoms with Crippen molar-refractivity contribution in [3.63, 3.8) is 0 Å². The van der Waals surface area contributed by atoms with E-state index in [4.69, 9.17) is 4.74 Å². The summed E-state index contributed by atoms with van der Waals surface area (Å²) in [5.74, 6) is -0.248. The third-order valence-electron chi connectivity index (χ3n) is 4.75. The van der Waals surface area contributed by atoms with Crippen molar-refractivity contribution in [3.05, 3.63) is 23.5 Å². The van der Waals surface area contributed by atoms with Gasteiger partial charge in [0.25, 0.3) is 0 Å². The van der Waals surface area contributed by atoms with E-state index in [0.717, 1.165) is 25.6 Å². The molecular formula is C16H23FN2O3S. The van der Waals surface area contributed by atoms with Crippen molar-refractivity contribution in [3.8, 4) is 5.75 Å². The topological polar surface area (TPSA) is 58.6 Å². The van der Waals surface area contributed by atoms with Gasteiger partial charge in [0, 0.05) is 24.7 Å². The first-order valence-electron chi connectivity index (χ1n) is 7.99. The van der Waals surface area contributed by atoms with Gasteiger partial charge in [0.2, 0.25) is 10.0 Å². The molecule has 1 aromatic carbocycles. The van der Waals surface area contributed by atoms with E-state index in [0.29, 0.717) is 12.5 Å². The molecule has 1 saturated heterocycles. The number of hydrogen-bond donors (Lipinski definition) is 1. The fourth-order valence-electron chi connectivity index (χ4n) is 3.20. The molecule has 0 bridgehead atoms. The highest BCUT2D eigenvalue weighted by atomic mass is 32.2. The summed E-state index contributed by atoms with van der Waals surface area (Å²) in [5, 5.41) is 0. The highest BCUT2D eigenvalue weighted by molar-refractivity contribution is 7.89. The molecule has 1 unspecified atom stereocenters. The Bertz CT molecular complexity index is 689. The van der Waals surface area contributed by atoms with E-state index >= 15 is 0 Å². The largest absolute Gasteiger partial charge is 0.494 e. The summed E-state index contributed by atoms with van der Waals surface area (Å²) in [4.78, 5) is 2.42. The minimum Gasteiger partial charge on any atom is -0.494 e. The molecule has 23 heavy (non-hydrogen) atoms. The number of nitrogens with one attached hydrogen (secondary N) is 1. The molecule has 1 saturated carbocycles. The Morgan fingerprint density at radius 3 is 2.74 bits per heavy atom. The maximum Gasteiger partial charge on any atom is 0.240 e. The molecule has 1 atom stereocenters. The highest BCUT2D eigenvalue weighted by Gasteiger charge is 2.34. The first kappa shape index (κ1) is 16.7. The van der Waals surface area contributed by atoms with Crippen molar-refractivity contribution >= 4 is 10.0 Å². The third kappa shape index (κ3) is 3.51. The van der Waals surface area contributed by atoms with Crippen LogP contribution in [0.15, 0.2) is 17.0 Å². The first-order chi connectivity index (χ1) is 10.9. The molecule has 1 aliphatic carbocycles. The number of ether oxygens (including phenoxy) is 1. The molecular weight excluding hydrogens is 319 g/mol. The number of sulfonamides is 1. The van der Waals surface area contributed by atoms with Gasteiger partial charge in [-0.1, -0.05) is 0 Å². The van der Waals surface area contributed by atoms with Gasteiger partial charge in [-0.15, -0.1) is 0 Å². The lowest BCUT2D eigenvalue weighted by molar-refractivity contribution is 0.314. The predicted molar refractivity (Wildman–Crippen MR) is 85.6 cm³/mol. The summed E-state index contributed by atoms with van der Waals surface area (Å²) in [5.41, 5.74) is 0.0860. The second-order valence-corrected chi connectivity index (χ2v) is 8.17. The van der Waals surface area contributed by atoms with Crippen LogP contribution in [0.2, 0.25) is 0 Å². The van der Waals surface area contributed by atoms with Gasteiger partial charge in [-0.05, 0) is 50.8 Å². The average molecular weight is 342 g/mol. The van der Waals surface area contributed by atoms with Crippen molar-refractivity contribution < 1.29 is 17.5 Å². The number of hydrogen-bond acceptors (Lipinski definition) is 4. The minimum atomic E-state index is -3.71. The van der Waals surface area contributed by atoms with E-state index in [2.05, 4.69) is 9.62 Å². The molecule has 128 valence electrons. The second kappa shape index (κ2) is 6.37. The second-order valence-electron chi connectivity index (χ2n) is 6.44. The first-order valence-corrected chi connectivity index (χ1v) is 9.47. The van der Waals surface area contributed by atoms with E-state index in [9.17, 15) is 12.8 Å². The molecule has 7 heteroatoms. The van der Waals surface area contributed by atoms with Crippen molar-refractivity contribution in [2.75, 3.05) is 26.7 Å². The van der Waals surface area contributed by atoms with Crippen LogP contribution in [-0.4, -0.2) is 46.1 Å². The van der Waals surface area contributed by atoms with Crippen LogP contribution in [0.4, 0.5) is 4.39 Å². The quantitative estimate of drug-likeness (QED) is 0.858. The molecule has 1 heterocycles. The standard InChI is InChI=1S/C16H23FN2O3S/c1-11-15(6-5-14(22-2)16(11)17)23(20,21)18-9-12-7-8-19(10-12)13-3-4-13/h5-6,12-13,18H,3-4,7-10H2,1-2H3.